The van der Waals surface area contributed by atoms with Crippen molar-refractivity contribution in [2.24, 2.45) is 0 Å². The number of halogens is 3. The summed E-state index contributed by atoms with van der Waals surface area (Å²) in [6.45, 7) is 3.18. The summed E-state index contributed by atoms with van der Waals surface area (Å²) in [5.41, 5.74) is -1.56. The Hall–Kier alpha value is -2.32. The number of benzene rings is 1. The van der Waals surface area contributed by atoms with E-state index in [0.29, 0.717) is 18.0 Å². The Kier molecular flexibility index (Phi) is 6.09. The molecule has 0 saturated heterocycles. The molecular weight excluding hydrogens is 349 g/mol. The summed E-state index contributed by atoms with van der Waals surface area (Å²) < 4.78 is 45.0. The second-order valence-electron chi connectivity index (χ2n) is 6.07. The van der Waals surface area contributed by atoms with Crippen LogP contribution in [0, 0.1) is 6.92 Å². The number of rotatable bonds is 7. The number of hydrogen-bond donors (Lipinski definition) is 3. The molecule has 0 saturated carbocycles. The van der Waals surface area contributed by atoms with Gasteiger partial charge in [-0.1, -0.05) is 12.1 Å². The molecule has 0 aliphatic heterocycles. The van der Waals surface area contributed by atoms with Gasteiger partial charge in [-0.05, 0) is 43.3 Å². The fourth-order valence-corrected chi connectivity index (χ4v) is 2.47. The third-order valence-electron chi connectivity index (χ3n) is 3.88. The zero-order valence-corrected chi connectivity index (χ0v) is 14.5. The summed E-state index contributed by atoms with van der Waals surface area (Å²) in [5.74, 6) is -0.394. The summed E-state index contributed by atoms with van der Waals surface area (Å²) in [7, 11) is 0. The molecule has 142 valence electrons. The van der Waals surface area contributed by atoms with Crippen LogP contribution in [0.1, 0.15) is 30.4 Å². The lowest BCUT2D eigenvalue weighted by molar-refractivity contribution is -0.274. The molecule has 1 aromatic carbocycles. The Balaban J connectivity index is 1.93. The van der Waals surface area contributed by atoms with Crippen LogP contribution in [0.5, 0.6) is 0 Å². The van der Waals surface area contributed by atoms with Gasteiger partial charge in [0, 0.05) is 25.6 Å². The molecule has 2 aromatic rings. The number of anilines is 1. The van der Waals surface area contributed by atoms with Gasteiger partial charge in [-0.3, -0.25) is 4.79 Å². The lowest BCUT2D eigenvalue weighted by Crippen LogP contribution is -2.44. The predicted octanol–water partition coefficient (Wildman–Crippen LogP) is 3.48. The molecule has 0 unspecified atom stereocenters. The Bertz CT molecular complexity index is 741. The van der Waals surface area contributed by atoms with Gasteiger partial charge in [-0.25, -0.2) is 0 Å². The van der Waals surface area contributed by atoms with Crippen LogP contribution >= 0.6 is 0 Å². The van der Waals surface area contributed by atoms with Crippen molar-refractivity contribution in [3.05, 3.63) is 53.5 Å². The van der Waals surface area contributed by atoms with E-state index in [1.807, 2.05) is 0 Å². The number of aryl methyl sites for hydroxylation is 1. The summed E-state index contributed by atoms with van der Waals surface area (Å²) in [6.07, 6.45) is -5.42. The molecule has 1 heterocycles. The quantitative estimate of drug-likeness (QED) is 0.653. The maximum absolute atomic E-state index is 13.3. The van der Waals surface area contributed by atoms with Crippen molar-refractivity contribution >= 4 is 11.6 Å². The van der Waals surface area contributed by atoms with E-state index in [9.17, 15) is 23.1 Å². The number of carbonyl (C=O) groups excluding carboxylic acids is 1. The molecule has 26 heavy (non-hydrogen) atoms. The van der Waals surface area contributed by atoms with Crippen LogP contribution in [0.25, 0.3) is 0 Å². The van der Waals surface area contributed by atoms with Gasteiger partial charge in [-0.15, -0.1) is 0 Å². The van der Waals surface area contributed by atoms with Crippen molar-refractivity contribution in [2.45, 2.75) is 38.6 Å². The van der Waals surface area contributed by atoms with Crippen LogP contribution < -0.4 is 10.6 Å². The Labute approximate surface area is 149 Å². The fraction of sp³-hybridized carbons (Fsp3) is 0.389. The first-order valence-corrected chi connectivity index (χ1v) is 8.05. The van der Waals surface area contributed by atoms with E-state index in [1.165, 1.54) is 19.9 Å². The topological polar surface area (TPSA) is 74.5 Å². The fourth-order valence-electron chi connectivity index (χ4n) is 2.47. The number of amides is 1. The zero-order chi connectivity index (χ0) is 19.4. The highest BCUT2D eigenvalue weighted by molar-refractivity contribution is 5.88. The van der Waals surface area contributed by atoms with E-state index in [1.54, 1.807) is 24.3 Å². The van der Waals surface area contributed by atoms with Crippen molar-refractivity contribution in [1.29, 1.82) is 0 Å². The number of hydrogen-bond acceptors (Lipinski definition) is 4. The van der Waals surface area contributed by atoms with Crippen LogP contribution in [0.15, 0.2) is 40.8 Å². The summed E-state index contributed by atoms with van der Waals surface area (Å²) in [6, 6.07) is 9.44. The Morgan fingerprint density at radius 3 is 2.31 bits per heavy atom. The van der Waals surface area contributed by atoms with Gasteiger partial charge in [0.15, 0.2) is 0 Å². The smallest absolute Gasteiger partial charge is 0.424 e. The first-order valence-electron chi connectivity index (χ1n) is 8.05. The molecule has 1 aromatic heterocycles. The van der Waals surface area contributed by atoms with Gasteiger partial charge in [0.1, 0.15) is 11.5 Å². The summed E-state index contributed by atoms with van der Waals surface area (Å²) in [5, 5.41) is 15.7. The molecule has 1 amide bonds. The van der Waals surface area contributed by atoms with Gasteiger partial charge < -0.3 is 20.2 Å². The van der Waals surface area contributed by atoms with Crippen LogP contribution in [-0.4, -0.2) is 23.7 Å². The third kappa shape index (κ3) is 4.86. The number of carbonyl (C=O) groups is 1. The van der Waals surface area contributed by atoms with E-state index in [4.69, 9.17) is 4.42 Å². The minimum Gasteiger partial charge on any atom is -0.463 e. The van der Waals surface area contributed by atoms with Crippen LogP contribution in [0.2, 0.25) is 0 Å². The normalized spacial score (nSPS) is 14.1. The highest BCUT2D eigenvalue weighted by Gasteiger charge is 2.56. The average molecular weight is 370 g/mol. The van der Waals surface area contributed by atoms with Crippen molar-refractivity contribution in [3.8, 4) is 0 Å². The third-order valence-corrected chi connectivity index (χ3v) is 3.88. The number of aliphatic hydroxyl groups is 1. The molecule has 0 radical (unpaired) electrons. The van der Waals surface area contributed by atoms with E-state index >= 15 is 0 Å². The zero-order valence-electron chi connectivity index (χ0n) is 14.5. The lowest BCUT2D eigenvalue weighted by atomic mass is 9.95. The Morgan fingerprint density at radius 2 is 1.81 bits per heavy atom. The van der Waals surface area contributed by atoms with E-state index in [-0.39, 0.29) is 12.5 Å². The maximum Gasteiger partial charge on any atom is 0.424 e. The molecule has 3 N–H and O–H groups in total. The van der Waals surface area contributed by atoms with E-state index in [2.05, 4.69) is 10.6 Å². The van der Waals surface area contributed by atoms with Crippen molar-refractivity contribution in [1.82, 2.24) is 5.32 Å². The highest BCUT2D eigenvalue weighted by atomic mass is 19.4. The van der Waals surface area contributed by atoms with Crippen molar-refractivity contribution in [2.75, 3.05) is 11.9 Å². The molecule has 5 nitrogen and oxygen atoms in total. The average Bonchev–Trinajstić information content (AvgIpc) is 2.98. The summed E-state index contributed by atoms with van der Waals surface area (Å²) in [4.78, 5) is 11.0. The number of nitrogens with one attached hydrogen (secondary N) is 2. The van der Waals surface area contributed by atoms with Gasteiger partial charge in [0.25, 0.3) is 0 Å². The number of furan rings is 1. The first-order chi connectivity index (χ1) is 12.1. The van der Waals surface area contributed by atoms with E-state index in [0.717, 1.165) is 11.6 Å². The standard InChI is InChI=1S/C18H21F3N2O3/c1-12-3-8-16(26-12)17(25,18(19,20)21)9-10-22-11-14-4-6-15(7-5-14)23-13(2)24/h3-8,22,25H,9-11H2,1-2H3,(H,23,24)/t17-/m0/s1. The van der Waals surface area contributed by atoms with Crippen molar-refractivity contribution < 1.29 is 27.5 Å². The molecule has 1 atom stereocenters. The van der Waals surface area contributed by atoms with Gasteiger partial charge in [0.05, 0.1) is 0 Å². The second kappa shape index (κ2) is 7.92. The van der Waals surface area contributed by atoms with Crippen molar-refractivity contribution in [3.63, 3.8) is 0 Å². The molecule has 2 rings (SSSR count). The monoisotopic (exact) mass is 370 g/mol. The van der Waals surface area contributed by atoms with Gasteiger partial charge in [-0.2, -0.15) is 13.2 Å². The van der Waals surface area contributed by atoms with Gasteiger partial charge >= 0.3 is 6.18 Å². The van der Waals surface area contributed by atoms with Crippen LogP contribution in [0.3, 0.4) is 0 Å². The first kappa shape index (κ1) is 20.0. The minimum atomic E-state index is -4.85. The molecule has 0 bridgehead atoms. The SMILES string of the molecule is CC(=O)Nc1ccc(CNCC[C@](O)(c2ccc(C)o2)C(F)(F)F)cc1. The molecule has 0 spiro atoms. The summed E-state index contributed by atoms with van der Waals surface area (Å²) >= 11 is 0. The molecule has 0 aliphatic rings. The molecule has 0 fully saturated rings. The highest BCUT2D eigenvalue weighted by Crippen LogP contribution is 2.42. The second-order valence-corrected chi connectivity index (χ2v) is 6.07. The Morgan fingerprint density at radius 1 is 1.15 bits per heavy atom. The lowest BCUT2D eigenvalue weighted by Gasteiger charge is -2.28. The predicted molar refractivity (Wildman–Crippen MR) is 90.5 cm³/mol. The molecule has 0 aliphatic carbocycles. The van der Waals surface area contributed by atoms with Crippen LogP contribution in [0.4, 0.5) is 18.9 Å². The van der Waals surface area contributed by atoms with Gasteiger partial charge in [0.2, 0.25) is 11.5 Å². The van der Waals surface area contributed by atoms with Crippen LogP contribution in [-0.2, 0) is 16.9 Å². The van der Waals surface area contributed by atoms with E-state index < -0.39 is 24.0 Å². The maximum atomic E-state index is 13.3. The largest absolute Gasteiger partial charge is 0.463 e. The molecule has 8 heteroatoms. The minimum absolute atomic E-state index is 0.0663. The molecular formula is C18H21F3N2O3. The number of alkyl halides is 3.